The number of nitrogens with zero attached hydrogens (tertiary/aromatic N) is 1. The Kier molecular flexibility index (Phi) is 7.14. The Hall–Kier alpha value is -1.42. The van der Waals surface area contributed by atoms with Crippen LogP contribution in [0.25, 0.3) is 0 Å². The minimum atomic E-state index is 0.213. The Morgan fingerprint density at radius 2 is 1.46 bits per heavy atom. The molecule has 3 aromatic rings. The molecule has 7 heteroatoms. The molecule has 0 aliphatic carbocycles. The smallest absolute Gasteiger partial charge is 0.157 e. The Morgan fingerprint density at radius 3 is 2.14 bits per heavy atom. The third-order valence-electron chi connectivity index (χ3n) is 3.93. The maximum absolute atomic E-state index is 6.36. The third kappa shape index (κ3) is 5.34. The van der Waals surface area contributed by atoms with Gasteiger partial charge < -0.3 is 4.74 Å². The number of benzene rings is 3. The molecule has 0 amide bonds. The van der Waals surface area contributed by atoms with Gasteiger partial charge in [-0.3, -0.25) is 4.99 Å². The number of aryl methyl sites for hydroxylation is 1. The van der Waals surface area contributed by atoms with Crippen molar-refractivity contribution in [2.75, 3.05) is 0 Å². The molecule has 0 spiro atoms. The molecule has 0 N–H and O–H groups in total. The molecule has 0 radical (unpaired) electrons. The third-order valence-corrected chi connectivity index (χ3v) is 5.32. The minimum Gasteiger partial charge on any atom is -0.486 e. The molecule has 0 heterocycles. The van der Waals surface area contributed by atoms with Crippen LogP contribution in [0.15, 0.2) is 53.5 Å². The summed E-state index contributed by atoms with van der Waals surface area (Å²) in [5.74, 6) is 0.380. The van der Waals surface area contributed by atoms with Crippen LogP contribution in [0, 0.1) is 6.92 Å². The van der Waals surface area contributed by atoms with Crippen LogP contribution >= 0.6 is 58.0 Å². The fourth-order valence-corrected chi connectivity index (χ4v) is 3.69. The number of rotatable bonds is 5. The molecule has 144 valence electrons. The van der Waals surface area contributed by atoms with Gasteiger partial charge in [-0.1, -0.05) is 70.1 Å². The molecule has 0 bridgehead atoms. The number of ether oxygens (including phenoxy) is 1. The van der Waals surface area contributed by atoms with E-state index >= 15 is 0 Å². The monoisotopic (exact) mass is 471 g/mol. The maximum atomic E-state index is 6.36. The highest BCUT2D eigenvalue weighted by molar-refractivity contribution is 6.37. The summed E-state index contributed by atoms with van der Waals surface area (Å²) in [5, 5.41) is 2.45. The predicted octanol–water partition coefficient (Wildman–Crippen LogP) is 8.59. The molecule has 28 heavy (non-hydrogen) atoms. The molecule has 0 aliphatic rings. The van der Waals surface area contributed by atoms with E-state index in [0.29, 0.717) is 30.9 Å². The van der Waals surface area contributed by atoms with Gasteiger partial charge in [-0.15, -0.1) is 0 Å². The fourth-order valence-electron chi connectivity index (χ4n) is 2.45. The van der Waals surface area contributed by atoms with E-state index in [1.807, 2.05) is 19.1 Å². The fraction of sp³-hybridized carbons (Fsp3) is 0.0952. The van der Waals surface area contributed by atoms with E-state index in [1.54, 1.807) is 42.6 Å². The molecule has 0 saturated heterocycles. The first-order valence-electron chi connectivity index (χ1n) is 8.19. The molecule has 0 fully saturated rings. The van der Waals surface area contributed by atoms with E-state index in [0.717, 1.165) is 22.4 Å². The molecule has 3 rings (SSSR count). The van der Waals surface area contributed by atoms with Crippen molar-refractivity contribution in [3.63, 3.8) is 0 Å². The highest BCUT2D eigenvalue weighted by atomic mass is 35.5. The standard InChI is InChI=1S/C21H14Cl5NO/c1-12-2-4-16(23)9-20(12)27-10-13-6-18(25)21(19(26)7-13)28-11-14-3-5-15(22)8-17(14)24/h2-10H,11H2,1H3. The molecule has 0 atom stereocenters. The van der Waals surface area contributed by atoms with Crippen LogP contribution in [-0.4, -0.2) is 6.21 Å². The molecular weight excluding hydrogens is 460 g/mol. The van der Waals surface area contributed by atoms with E-state index in [2.05, 4.69) is 4.99 Å². The molecule has 0 aromatic heterocycles. The van der Waals surface area contributed by atoms with Crippen molar-refractivity contribution in [2.24, 2.45) is 4.99 Å². The van der Waals surface area contributed by atoms with Gasteiger partial charge in [-0.25, -0.2) is 0 Å². The lowest BCUT2D eigenvalue weighted by Gasteiger charge is -2.12. The van der Waals surface area contributed by atoms with Gasteiger partial charge in [0.25, 0.3) is 0 Å². The quantitative estimate of drug-likeness (QED) is 0.340. The molecular formula is C21H14Cl5NO. The van der Waals surface area contributed by atoms with Crippen molar-refractivity contribution in [3.05, 3.63) is 90.3 Å². The summed E-state index contributed by atoms with van der Waals surface area (Å²) in [6.45, 7) is 2.17. The van der Waals surface area contributed by atoms with Crippen LogP contribution in [0.1, 0.15) is 16.7 Å². The second-order valence-electron chi connectivity index (χ2n) is 6.03. The lowest BCUT2D eigenvalue weighted by Crippen LogP contribution is -1.98. The van der Waals surface area contributed by atoms with Crippen LogP contribution in [0.5, 0.6) is 5.75 Å². The summed E-state index contributed by atoms with van der Waals surface area (Å²) >= 11 is 30.8. The topological polar surface area (TPSA) is 21.6 Å². The van der Waals surface area contributed by atoms with Gasteiger partial charge in [0.05, 0.1) is 15.7 Å². The summed E-state index contributed by atoms with van der Waals surface area (Å²) in [4.78, 5) is 4.46. The lowest BCUT2D eigenvalue weighted by atomic mass is 10.2. The Balaban J connectivity index is 1.79. The summed E-state index contributed by atoms with van der Waals surface area (Å²) in [6.07, 6.45) is 1.68. The summed E-state index contributed by atoms with van der Waals surface area (Å²) in [6, 6.07) is 14.2. The van der Waals surface area contributed by atoms with E-state index < -0.39 is 0 Å². The van der Waals surface area contributed by atoms with E-state index in [1.165, 1.54) is 0 Å². The second-order valence-corrected chi connectivity index (χ2v) is 8.12. The first-order chi connectivity index (χ1) is 13.3. The van der Waals surface area contributed by atoms with Gasteiger partial charge in [-0.2, -0.15) is 0 Å². The van der Waals surface area contributed by atoms with Crippen molar-refractivity contribution in [3.8, 4) is 5.75 Å². The van der Waals surface area contributed by atoms with Crippen LogP contribution in [0.2, 0.25) is 25.1 Å². The summed E-state index contributed by atoms with van der Waals surface area (Å²) in [7, 11) is 0. The summed E-state index contributed by atoms with van der Waals surface area (Å²) in [5.41, 5.74) is 3.31. The van der Waals surface area contributed by atoms with Gasteiger partial charge >= 0.3 is 0 Å². The number of aliphatic imine (C=N–C) groups is 1. The molecule has 0 unspecified atom stereocenters. The first kappa shape index (κ1) is 21.3. The number of hydrogen-bond donors (Lipinski definition) is 0. The Labute approximate surface area is 188 Å². The zero-order chi connectivity index (χ0) is 20.3. The average Bonchev–Trinajstić information content (AvgIpc) is 2.63. The molecule has 2 nitrogen and oxygen atoms in total. The van der Waals surface area contributed by atoms with Crippen molar-refractivity contribution in [1.82, 2.24) is 0 Å². The predicted molar refractivity (Wildman–Crippen MR) is 121 cm³/mol. The molecule has 0 aliphatic heterocycles. The average molecular weight is 474 g/mol. The zero-order valence-corrected chi connectivity index (χ0v) is 18.4. The largest absolute Gasteiger partial charge is 0.486 e. The van der Waals surface area contributed by atoms with Gasteiger partial charge in [0, 0.05) is 26.8 Å². The second kappa shape index (κ2) is 9.39. The minimum absolute atomic E-state index is 0.213. The molecule has 0 saturated carbocycles. The van der Waals surface area contributed by atoms with Gasteiger partial charge in [0.2, 0.25) is 0 Å². The van der Waals surface area contributed by atoms with E-state index in [4.69, 9.17) is 62.7 Å². The highest BCUT2D eigenvalue weighted by Gasteiger charge is 2.11. The maximum Gasteiger partial charge on any atom is 0.157 e. The zero-order valence-electron chi connectivity index (χ0n) is 14.6. The van der Waals surface area contributed by atoms with Gasteiger partial charge in [0.15, 0.2) is 5.75 Å². The SMILES string of the molecule is Cc1ccc(Cl)cc1N=Cc1cc(Cl)c(OCc2ccc(Cl)cc2Cl)c(Cl)c1. The van der Waals surface area contributed by atoms with Gasteiger partial charge in [0.1, 0.15) is 6.61 Å². The Morgan fingerprint density at radius 1 is 0.821 bits per heavy atom. The first-order valence-corrected chi connectivity index (χ1v) is 10.1. The van der Waals surface area contributed by atoms with Crippen molar-refractivity contribution in [1.29, 1.82) is 0 Å². The van der Waals surface area contributed by atoms with Crippen molar-refractivity contribution in [2.45, 2.75) is 13.5 Å². The van der Waals surface area contributed by atoms with Crippen molar-refractivity contribution >= 4 is 69.9 Å². The summed E-state index contributed by atoms with van der Waals surface area (Å²) < 4.78 is 5.77. The highest BCUT2D eigenvalue weighted by Crippen LogP contribution is 2.35. The number of halogens is 5. The number of hydrogen-bond acceptors (Lipinski definition) is 2. The van der Waals surface area contributed by atoms with Crippen LogP contribution in [0.3, 0.4) is 0 Å². The van der Waals surface area contributed by atoms with Crippen molar-refractivity contribution < 1.29 is 4.74 Å². The lowest BCUT2D eigenvalue weighted by molar-refractivity contribution is 0.306. The van der Waals surface area contributed by atoms with Crippen LogP contribution in [-0.2, 0) is 6.61 Å². The van der Waals surface area contributed by atoms with Gasteiger partial charge in [-0.05, 0) is 54.4 Å². The van der Waals surface area contributed by atoms with Crippen LogP contribution in [0.4, 0.5) is 5.69 Å². The van der Waals surface area contributed by atoms with Crippen LogP contribution < -0.4 is 4.74 Å². The van der Waals surface area contributed by atoms with E-state index in [9.17, 15) is 0 Å². The Bertz CT molecular complexity index is 1030. The normalized spacial score (nSPS) is 11.2. The van der Waals surface area contributed by atoms with E-state index in [-0.39, 0.29) is 6.61 Å². The molecule has 3 aromatic carbocycles.